The van der Waals surface area contributed by atoms with Crippen molar-refractivity contribution in [1.82, 2.24) is 16.0 Å². The van der Waals surface area contributed by atoms with Gasteiger partial charge in [-0.1, -0.05) is 41.5 Å². The summed E-state index contributed by atoms with van der Waals surface area (Å²) in [5.74, 6) is -4.18. The number of rotatable bonds is 15. The summed E-state index contributed by atoms with van der Waals surface area (Å²) < 4.78 is 27.6. The van der Waals surface area contributed by atoms with Gasteiger partial charge in [-0.2, -0.15) is 32.7 Å². The minimum absolute atomic E-state index is 0. The zero-order valence-corrected chi connectivity index (χ0v) is 59.5. The fourth-order valence-corrected chi connectivity index (χ4v) is 1.52. The molecule has 0 aromatic heterocycles. The van der Waals surface area contributed by atoms with Gasteiger partial charge in [0.1, 0.15) is 26.4 Å². The Hall–Kier alpha value is 0.257. The molecule has 42 heteroatoms. The van der Waals surface area contributed by atoms with Gasteiger partial charge in [0.25, 0.3) is 0 Å². The molecule has 7 radical (unpaired) electrons. The second kappa shape index (κ2) is 96.0. The average Bonchev–Trinajstić information content (AvgIpc) is 3.13. The maximum absolute atomic E-state index is 11.2. The van der Waals surface area contributed by atoms with E-state index in [0.29, 0.717) is 39.3 Å². The second-order valence-corrected chi connectivity index (χ2v) is 8.55. The van der Waals surface area contributed by atoms with E-state index in [2.05, 4.69) is 49.1 Å². The molecule has 11 amide bonds. The fourth-order valence-electron chi connectivity index (χ4n) is 1.52. The van der Waals surface area contributed by atoms with Crippen molar-refractivity contribution in [3.8, 4) is 0 Å². The maximum atomic E-state index is 11.2. The van der Waals surface area contributed by atoms with Crippen LogP contribution in [0.5, 0.6) is 0 Å². The van der Waals surface area contributed by atoms with Crippen LogP contribution in [0.2, 0.25) is 0 Å². The normalized spacial score (nSPS) is 7.45. The quantitative estimate of drug-likeness (QED) is 0.103. The van der Waals surface area contributed by atoms with E-state index in [1.54, 1.807) is 41.5 Å². The molecule has 0 aliphatic rings. The summed E-state index contributed by atoms with van der Waals surface area (Å²) in [7, 11) is 0. The molecule has 0 saturated carbocycles. The van der Waals surface area contributed by atoms with Crippen molar-refractivity contribution in [2.24, 2.45) is 0 Å². The Bertz CT molecular complexity index is 1150. The topological polar surface area (TPSA) is 622 Å². The third-order valence-electron chi connectivity index (χ3n) is 2.88. The first-order valence-corrected chi connectivity index (χ1v) is 16.9. The van der Waals surface area contributed by atoms with Crippen LogP contribution in [0, 0.1) is 0 Å². The largest absolute Gasteiger partial charge is 0.678 e. The standard InChI is InChI=1S/C9H17N5O6.C4H7N3O6.2C3H6N2O3.5C2H6N.7Y/c1-2-12-7(13-8(17)19-3-5(10)15)14-9(18)20-4-6(11)16;5-1(8)11-4(12-2(6)9)13-3(7)10;2*4-2(6)1-8-3(5)7;5*1-2-3;;;;;;;/h7,12H,2-4H2,1H3,(H6,10,11,13,14,15,16,17,18);4H,(H6,5,6,7,8,9,10);2*1H2,(H4,4,5,6,7);5*3H,2H2,1H3;;;;;;;/q;;;;5*-1;;;;;;;/p-9. The summed E-state index contributed by atoms with van der Waals surface area (Å²) in [5.41, 5.74) is 87.3. The molecule has 0 unspecified atom stereocenters. The smallest absolute Gasteiger partial charge is 0.410 e. The number of ether oxygens (including phenoxy) is 7. The van der Waals surface area contributed by atoms with Crippen molar-refractivity contribution in [1.29, 1.82) is 0 Å². The third kappa shape index (κ3) is 175. The van der Waals surface area contributed by atoms with Gasteiger partial charge in [-0.3, -0.25) is 39.9 Å². The van der Waals surface area contributed by atoms with Crippen LogP contribution in [-0.4, -0.2) is 145 Å². The van der Waals surface area contributed by atoms with Gasteiger partial charge in [0.05, 0.1) is 23.6 Å². The van der Waals surface area contributed by atoms with Crippen LogP contribution in [0.15, 0.2) is 0 Å². The van der Waals surface area contributed by atoms with E-state index in [1.807, 2.05) is 0 Å². The Morgan fingerprint density at radius 2 is 0.535 bits per heavy atom. The minimum atomic E-state index is -2.15. The molecule has 401 valence electrons. The number of nitrogens with one attached hydrogen (secondary N) is 17. The van der Waals surface area contributed by atoms with Crippen LogP contribution in [0.4, 0.5) is 33.6 Å². The first-order chi connectivity index (χ1) is 29.6. The molecule has 0 aromatic rings. The molecule has 0 spiro atoms. The Morgan fingerprint density at radius 1 is 0.352 bits per heavy atom. The summed E-state index contributed by atoms with van der Waals surface area (Å²) in [6.07, 6.45) is -10.6. The second-order valence-electron chi connectivity index (χ2n) is 8.55. The van der Waals surface area contributed by atoms with E-state index < -0.39 is 105 Å². The number of carbonyl (C=O) groups is 11. The molecule has 0 aliphatic heterocycles. The molecule has 0 aromatic carbocycles. The molecule has 0 aliphatic carbocycles. The van der Waals surface area contributed by atoms with E-state index in [4.69, 9.17) is 80.3 Å². The van der Waals surface area contributed by atoms with Crippen LogP contribution in [0.25, 0.3) is 80.3 Å². The van der Waals surface area contributed by atoms with Gasteiger partial charge < -0.3 is 133 Å². The van der Waals surface area contributed by atoms with Crippen molar-refractivity contribution in [3.05, 3.63) is 80.3 Å². The Kier molecular flexibility index (Phi) is 156. The Morgan fingerprint density at radius 3 is 0.662 bits per heavy atom. The van der Waals surface area contributed by atoms with Gasteiger partial charge in [-0.05, 0) is 6.54 Å². The van der Waals surface area contributed by atoms with Crippen molar-refractivity contribution in [3.63, 3.8) is 0 Å². The molecule has 0 fully saturated rings. The predicted octanol–water partition coefficient (Wildman–Crippen LogP) is 8.11. The molecule has 71 heavy (non-hydrogen) atoms. The molecule has 0 bridgehead atoms. The van der Waals surface area contributed by atoms with Crippen LogP contribution in [0.3, 0.4) is 0 Å². The van der Waals surface area contributed by atoms with Crippen LogP contribution in [-0.2, 0) is 281 Å². The van der Waals surface area contributed by atoms with Gasteiger partial charge >= 0.3 is 18.7 Å². The molecule has 17 N–H and O–H groups in total. The maximum Gasteiger partial charge on any atom is 0.410 e. The Labute approximate surface area is 588 Å². The van der Waals surface area contributed by atoms with Gasteiger partial charge in [0, 0.05) is 229 Å². The van der Waals surface area contributed by atoms with Crippen molar-refractivity contribution < 1.29 is 315 Å². The summed E-state index contributed by atoms with van der Waals surface area (Å²) in [4.78, 5) is 111. The number of alkyl carbamates (subject to hydrolysis) is 2. The van der Waals surface area contributed by atoms with Crippen LogP contribution >= 0.6 is 0 Å². The molecule has 0 rings (SSSR count). The van der Waals surface area contributed by atoms with Crippen molar-refractivity contribution in [2.75, 3.05) is 65.7 Å². The zero-order chi connectivity index (χ0) is 52.6. The third-order valence-corrected chi connectivity index (χ3v) is 2.88. The predicted molar refractivity (Wildman–Crippen MR) is 226 cm³/mol. The molecule has 0 atom stereocenters. The molecular formula is C29H57N17O18Y7-14. The monoisotopic (exact) mass is 1550 g/mol. The van der Waals surface area contributed by atoms with Crippen molar-refractivity contribution >= 4 is 66.3 Å². The van der Waals surface area contributed by atoms with Gasteiger partial charge in [-0.25, -0.2) is 9.59 Å². The average molecular weight is 1550 g/mol. The molecule has 0 heterocycles. The minimum Gasteiger partial charge on any atom is -0.678 e. The first-order valence-electron chi connectivity index (χ1n) is 16.9. The first kappa shape index (κ1) is 115. The van der Waals surface area contributed by atoms with E-state index >= 15 is 0 Å². The summed E-state index contributed by atoms with van der Waals surface area (Å²) in [6.45, 7) is 8.67. The fraction of sp³-hybridized carbons (Fsp3) is 0.621. The Balaban J connectivity index is -0.0000000373. The van der Waals surface area contributed by atoms with Crippen molar-refractivity contribution in [2.45, 2.75) is 54.3 Å². The van der Waals surface area contributed by atoms with E-state index in [0.717, 1.165) is 0 Å². The summed E-state index contributed by atoms with van der Waals surface area (Å²) in [6, 6.07) is 0. The molecule has 35 nitrogen and oxygen atoms in total. The number of hydrogen-bond acceptors (Lipinski definition) is 19. The van der Waals surface area contributed by atoms with E-state index in [1.165, 1.54) is 0 Å². The van der Waals surface area contributed by atoms with Gasteiger partial charge in [0.2, 0.25) is 30.5 Å². The van der Waals surface area contributed by atoms with Gasteiger partial charge in [0.15, 0.2) is 6.29 Å². The number of hydrogen-bond donors (Lipinski definition) is 3. The zero-order valence-electron chi connectivity index (χ0n) is 39.6. The number of amides is 11. The molecular weight excluding hydrogens is 1500 g/mol. The van der Waals surface area contributed by atoms with E-state index in [-0.39, 0.29) is 229 Å². The summed E-state index contributed by atoms with van der Waals surface area (Å²) >= 11 is 0. The van der Waals surface area contributed by atoms with E-state index in [9.17, 15) is 52.7 Å². The van der Waals surface area contributed by atoms with Crippen LogP contribution < -0.4 is 16.0 Å². The molecule has 0 saturated heterocycles. The SMILES string of the molecule is CCNC(NC(=O)OCC([NH-])=O)NC(=O)OCC([NH-])=O.CC[NH-].CC[NH-].CC[NH-].CC[NH-].CC[NH-].[NH-]C(=O)COC([NH-])=O.[NH-]C(=O)COC([NH-])=O.[NH-]C(=O)OC(OC([NH-])=O)OC([NH-])=O.[Y].[Y].[Y].[Y].[Y].[Y].[Y]. The summed E-state index contributed by atoms with van der Waals surface area (Å²) in [5, 5.41) is 6.91. The van der Waals surface area contributed by atoms with Crippen LogP contribution in [0.1, 0.15) is 41.5 Å². The number of carbonyl (C=O) groups excluding carboxylic acids is 11. The van der Waals surface area contributed by atoms with Gasteiger partial charge in [-0.15, -0.1) is 0 Å².